The Morgan fingerprint density at radius 3 is 2.08 bits per heavy atom. The molecule has 7 rings (SSSR count). The lowest BCUT2D eigenvalue weighted by Crippen LogP contribution is -2.43. The first kappa shape index (κ1) is 35.3. The number of rotatable bonds is 4. The molecule has 0 radical (unpaired) electrons. The van der Waals surface area contributed by atoms with Gasteiger partial charge in [0.25, 0.3) is 0 Å². The Kier molecular flexibility index (Phi) is 9.75. The van der Waals surface area contributed by atoms with E-state index < -0.39 is 29.7 Å². The largest absolute Gasteiger partial charge is 0.490 e. The predicted octanol–water partition coefficient (Wildman–Crippen LogP) is 5.62. The smallest absolute Gasteiger partial charge is 0.475 e. The maximum Gasteiger partial charge on any atom is 0.490 e. The molecule has 4 N–H and O–H groups in total. The molecule has 260 valence electrons. The van der Waals surface area contributed by atoms with Crippen molar-refractivity contribution in [2.45, 2.75) is 36.7 Å². The maximum absolute atomic E-state index is 12.9. The Labute approximate surface area is 275 Å². The van der Waals surface area contributed by atoms with Crippen LogP contribution in [0, 0.1) is 0 Å². The highest BCUT2D eigenvalue weighted by Gasteiger charge is 2.65. The number of fused-ring (bicyclic) bond motifs is 3. The number of amides is 1. The number of hydrogen-bond donors (Lipinski definition) is 4. The van der Waals surface area contributed by atoms with E-state index in [2.05, 4.69) is 80.9 Å². The van der Waals surface area contributed by atoms with Crippen molar-refractivity contribution in [3.05, 3.63) is 83.4 Å². The fraction of sp³-hybridized carbons (Fsp3) is 0.333. The van der Waals surface area contributed by atoms with Gasteiger partial charge in [-0.25, -0.2) is 9.59 Å². The van der Waals surface area contributed by atoms with Crippen molar-refractivity contribution in [3.63, 3.8) is 0 Å². The molecule has 3 aromatic carbocycles. The number of H-pyrrole nitrogens is 1. The summed E-state index contributed by atoms with van der Waals surface area (Å²) in [7, 11) is 2.19. The van der Waals surface area contributed by atoms with E-state index in [1.807, 2.05) is 18.2 Å². The van der Waals surface area contributed by atoms with E-state index in [1.165, 1.54) is 11.1 Å². The summed E-state index contributed by atoms with van der Waals surface area (Å²) in [4.78, 5) is 35.6. The summed E-state index contributed by atoms with van der Waals surface area (Å²) in [6, 6.07) is 23.4. The van der Waals surface area contributed by atoms with Crippen LogP contribution in [0.1, 0.15) is 29.0 Å². The molecule has 2 fully saturated rings. The molecule has 10 nitrogen and oxygen atoms in total. The summed E-state index contributed by atoms with van der Waals surface area (Å²) in [5.74, 6) is -5.18. The molecule has 1 saturated heterocycles. The number of benzene rings is 3. The van der Waals surface area contributed by atoms with Crippen molar-refractivity contribution in [1.29, 1.82) is 0 Å². The Hall–Kier alpha value is -4.96. The lowest BCUT2D eigenvalue weighted by Gasteiger charge is -2.32. The van der Waals surface area contributed by atoms with Gasteiger partial charge in [-0.1, -0.05) is 54.6 Å². The highest BCUT2D eigenvalue weighted by atomic mass is 19.4. The number of alkyl halides is 6. The molecule has 3 aliphatic rings. The van der Waals surface area contributed by atoms with E-state index in [0.29, 0.717) is 0 Å². The van der Waals surface area contributed by atoms with Gasteiger partial charge in [-0.2, -0.15) is 31.4 Å². The molecule has 1 amide bonds. The molecule has 2 aliphatic heterocycles. The van der Waals surface area contributed by atoms with Gasteiger partial charge in [0.15, 0.2) is 0 Å². The zero-order chi connectivity index (χ0) is 35.7. The van der Waals surface area contributed by atoms with Gasteiger partial charge in [0.1, 0.15) is 0 Å². The van der Waals surface area contributed by atoms with Crippen LogP contribution >= 0.6 is 0 Å². The lowest BCUT2D eigenvalue weighted by molar-refractivity contribution is -0.193. The standard InChI is InChI=1S/C29H29N5O.2C2HF3O2/c1-33-12-14-34(15-13-33)18-19-6-8-20(9-7-19)27-22-11-10-21(16-26(22)31-32-27)24-17-29(24)23-4-2-3-5-25(23)30-28(29)35;2*3-2(4,5)1(6)7/h2-11,16,24H,12-15,17-18H2,1H3,(H,30,35)(H,31,32);2*(H,6,7)/t24-,29-;;/m0../s1. The lowest BCUT2D eigenvalue weighted by atomic mass is 9.91. The summed E-state index contributed by atoms with van der Waals surface area (Å²) in [6.45, 7) is 5.52. The van der Waals surface area contributed by atoms with Gasteiger partial charge < -0.3 is 20.4 Å². The number of aliphatic carboxylic acids is 2. The first-order valence-electron chi connectivity index (χ1n) is 15.0. The first-order valence-corrected chi connectivity index (χ1v) is 15.0. The van der Waals surface area contributed by atoms with Crippen molar-refractivity contribution in [2.75, 3.05) is 38.5 Å². The molecule has 1 aromatic heterocycles. The summed E-state index contributed by atoms with van der Waals surface area (Å²) in [6.07, 6.45) is -9.31. The van der Waals surface area contributed by atoms with Crippen molar-refractivity contribution >= 4 is 34.4 Å². The second-order valence-electron chi connectivity index (χ2n) is 12.0. The topological polar surface area (TPSA) is 139 Å². The number of carbonyl (C=O) groups is 3. The normalized spacial score (nSPS) is 20.5. The highest BCUT2D eigenvalue weighted by Crippen LogP contribution is 2.65. The third kappa shape index (κ3) is 7.70. The quantitative estimate of drug-likeness (QED) is 0.203. The average molecular weight is 692 g/mol. The van der Waals surface area contributed by atoms with Gasteiger partial charge in [-0.05, 0) is 42.3 Å². The van der Waals surface area contributed by atoms with Gasteiger partial charge in [0, 0.05) is 55.3 Å². The van der Waals surface area contributed by atoms with Crippen LogP contribution in [0.3, 0.4) is 0 Å². The SMILES string of the molecule is CN1CCN(Cc2ccc(-c3n[nH]c4cc([C@@H]5C[C@@]56C(=O)Nc5ccccc56)ccc34)cc2)CC1.O=C(O)C(F)(F)F.O=C(O)C(F)(F)F. The van der Waals surface area contributed by atoms with Crippen molar-refractivity contribution in [2.24, 2.45) is 0 Å². The van der Waals surface area contributed by atoms with E-state index >= 15 is 0 Å². The van der Waals surface area contributed by atoms with Gasteiger partial charge in [-0.3, -0.25) is 14.8 Å². The highest BCUT2D eigenvalue weighted by molar-refractivity contribution is 6.10. The van der Waals surface area contributed by atoms with E-state index in [0.717, 1.165) is 72.6 Å². The second kappa shape index (κ2) is 13.5. The number of nitrogens with one attached hydrogen (secondary N) is 2. The molecule has 3 heterocycles. The molecule has 0 unspecified atom stereocenters. The molecule has 0 bridgehead atoms. The van der Waals surface area contributed by atoms with Gasteiger partial charge in [0.2, 0.25) is 5.91 Å². The molecule has 1 spiro atoms. The van der Waals surface area contributed by atoms with Crippen LogP contribution in [0.25, 0.3) is 22.2 Å². The zero-order valence-electron chi connectivity index (χ0n) is 25.9. The number of piperazine rings is 1. The number of aromatic amines is 1. The number of halogens is 6. The minimum absolute atomic E-state index is 0.130. The van der Waals surface area contributed by atoms with Gasteiger partial charge in [0.05, 0.1) is 16.6 Å². The second-order valence-corrected chi connectivity index (χ2v) is 12.0. The molecule has 1 aliphatic carbocycles. The fourth-order valence-electron chi connectivity index (χ4n) is 6.06. The van der Waals surface area contributed by atoms with Crippen LogP contribution in [0.5, 0.6) is 0 Å². The number of likely N-dealkylation sites (N-methyl/N-ethyl adjacent to an activating group) is 1. The third-order valence-electron chi connectivity index (χ3n) is 8.73. The number of para-hydroxylation sites is 1. The number of aromatic nitrogens is 2. The zero-order valence-corrected chi connectivity index (χ0v) is 25.9. The summed E-state index contributed by atoms with van der Waals surface area (Å²) < 4.78 is 63.5. The van der Waals surface area contributed by atoms with Crippen molar-refractivity contribution in [3.8, 4) is 11.3 Å². The van der Waals surface area contributed by atoms with Crippen LogP contribution < -0.4 is 5.32 Å². The number of anilines is 1. The summed E-state index contributed by atoms with van der Waals surface area (Å²) >= 11 is 0. The molecule has 49 heavy (non-hydrogen) atoms. The maximum atomic E-state index is 12.9. The predicted molar refractivity (Wildman–Crippen MR) is 166 cm³/mol. The van der Waals surface area contributed by atoms with Gasteiger partial charge >= 0.3 is 24.3 Å². The number of carbonyl (C=O) groups excluding carboxylic acids is 1. The Morgan fingerprint density at radius 2 is 1.49 bits per heavy atom. The van der Waals surface area contributed by atoms with Crippen molar-refractivity contribution in [1.82, 2.24) is 20.0 Å². The molecule has 2 atom stereocenters. The molecule has 4 aromatic rings. The van der Waals surface area contributed by atoms with E-state index in [9.17, 15) is 31.1 Å². The Morgan fingerprint density at radius 1 is 0.898 bits per heavy atom. The van der Waals surface area contributed by atoms with Crippen LogP contribution in [0.15, 0.2) is 66.7 Å². The number of carboxylic acids is 2. The number of nitrogens with zero attached hydrogens (tertiary/aromatic N) is 3. The number of carboxylic acid groups (broad SMARTS) is 2. The van der Waals surface area contributed by atoms with Crippen molar-refractivity contribution < 1.29 is 50.9 Å². The molecular formula is C33H31F6N5O5. The first-order chi connectivity index (χ1) is 23.0. The average Bonchev–Trinajstić information content (AvgIpc) is 3.56. The van der Waals surface area contributed by atoms with Crippen LogP contribution in [-0.2, 0) is 26.3 Å². The van der Waals surface area contributed by atoms with Gasteiger partial charge in [-0.15, -0.1) is 0 Å². The number of hydrogen-bond acceptors (Lipinski definition) is 6. The molecule has 16 heteroatoms. The third-order valence-corrected chi connectivity index (χ3v) is 8.73. The summed E-state index contributed by atoms with van der Waals surface area (Å²) in [5.41, 5.74) is 7.35. The Balaban J connectivity index is 0.000000284. The molecule has 1 saturated carbocycles. The van der Waals surface area contributed by atoms with Crippen LogP contribution in [-0.4, -0.2) is 93.6 Å². The Bertz CT molecular complexity index is 1830. The summed E-state index contributed by atoms with van der Waals surface area (Å²) in [5, 5.41) is 26.3. The minimum atomic E-state index is -5.08. The van der Waals surface area contributed by atoms with E-state index in [1.54, 1.807) is 0 Å². The van der Waals surface area contributed by atoms with E-state index in [4.69, 9.17) is 19.8 Å². The van der Waals surface area contributed by atoms with Crippen LogP contribution in [0.4, 0.5) is 32.0 Å². The van der Waals surface area contributed by atoms with Crippen LogP contribution in [0.2, 0.25) is 0 Å². The minimum Gasteiger partial charge on any atom is -0.475 e. The van der Waals surface area contributed by atoms with E-state index in [-0.39, 0.29) is 11.8 Å². The fourth-order valence-corrected chi connectivity index (χ4v) is 6.06. The molecular weight excluding hydrogens is 660 g/mol. The monoisotopic (exact) mass is 691 g/mol.